The molecule has 2 aromatic heterocycles. The quantitative estimate of drug-likeness (QED) is 0.183. The maximum atomic E-state index is 9.61. The molecule has 0 atom stereocenters. The first-order chi connectivity index (χ1) is 23.7. The number of benzene rings is 7. The minimum atomic E-state index is 0.616. The van der Waals surface area contributed by atoms with Gasteiger partial charge in [0.05, 0.1) is 46.0 Å². The van der Waals surface area contributed by atoms with Crippen LogP contribution in [0.1, 0.15) is 5.56 Å². The molecule has 0 amide bonds. The summed E-state index contributed by atoms with van der Waals surface area (Å²) >= 11 is 0. The van der Waals surface area contributed by atoms with Crippen molar-refractivity contribution < 1.29 is 0 Å². The minimum Gasteiger partial charge on any atom is -0.309 e. The Balaban J connectivity index is 1.29. The SMILES string of the molecule is [C-]#[N+]c1cccc(-c2ccc(-c3cccc(-n4c5ccccc5c5cc(C#N)ccc54)c3)cc2-n2c3ccccc3c3ccccc32)c1. The summed E-state index contributed by atoms with van der Waals surface area (Å²) < 4.78 is 4.64. The third kappa shape index (κ3) is 4.22. The zero-order valence-electron chi connectivity index (χ0n) is 25.8. The Hall–Kier alpha value is -6.88. The van der Waals surface area contributed by atoms with Gasteiger partial charge < -0.3 is 9.13 Å². The van der Waals surface area contributed by atoms with Crippen LogP contribution in [0.15, 0.2) is 158 Å². The number of fused-ring (bicyclic) bond motifs is 6. The molecule has 0 saturated carbocycles. The van der Waals surface area contributed by atoms with E-state index < -0.39 is 0 Å². The van der Waals surface area contributed by atoms with E-state index >= 15 is 0 Å². The number of rotatable bonds is 4. The predicted octanol–water partition coefficient (Wildman–Crippen LogP) is 11.6. The van der Waals surface area contributed by atoms with Crippen molar-refractivity contribution in [3.63, 3.8) is 0 Å². The fraction of sp³-hybridized carbons (Fsp3) is 0. The summed E-state index contributed by atoms with van der Waals surface area (Å²) in [7, 11) is 0. The molecule has 0 bridgehead atoms. The zero-order valence-corrected chi connectivity index (χ0v) is 25.8. The number of para-hydroxylation sites is 3. The fourth-order valence-corrected chi connectivity index (χ4v) is 7.21. The van der Waals surface area contributed by atoms with E-state index in [1.807, 2.05) is 42.5 Å². The van der Waals surface area contributed by atoms with Crippen LogP contribution < -0.4 is 0 Å². The normalized spacial score (nSPS) is 11.3. The molecule has 0 spiro atoms. The van der Waals surface area contributed by atoms with Crippen molar-refractivity contribution in [2.45, 2.75) is 0 Å². The third-order valence-electron chi connectivity index (χ3n) is 9.34. The highest BCUT2D eigenvalue weighted by Crippen LogP contribution is 2.40. The second kappa shape index (κ2) is 10.9. The van der Waals surface area contributed by atoms with Crippen LogP contribution in [0.3, 0.4) is 0 Å². The van der Waals surface area contributed by atoms with Gasteiger partial charge in [-0.2, -0.15) is 5.26 Å². The van der Waals surface area contributed by atoms with E-state index in [9.17, 15) is 5.26 Å². The van der Waals surface area contributed by atoms with Crippen LogP contribution >= 0.6 is 0 Å². The van der Waals surface area contributed by atoms with Gasteiger partial charge in [0.15, 0.2) is 5.69 Å². The first kappa shape index (κ1) is 27.4. The molecule has 4 heteroatoms. The monoisotopic (exact) mass is 610 g/mol. The van der Waals surface area contributed by atoms with Crippen molar-refractivity contribution in [2.24, 2.45) is 0 Å². The highest BCUT2D eigenvalue weighted by atomic mass is 15.0. The standard InChI is InChI=1S/C44H26N4/c1-46-33-12-8-11-32(25-33)35-22-21-31(27-44(35)48-41-18-6-2-14-36(41)37-15-3-7-19-42(37)48)30-10-9-13-34(26-30)47-40-17-5-4-16-38(40)39-24-29(28-45)20-23-43(39)47/h2-27H. The summed E-state index contributed by atoms with van der Waals surface area (Å²) in [6.07, 6.45) is 0. The molecule has 7 aromatic carbocycles. The lowest BCUT2D eigenvalue weighted by molar-refractivity contribution is 1.17. The van der Waals surface area contributed by atoms with E-state index in [0.29, 0.717) is 11.3 Å². The maximum absolute atomic E-state index is 9.61. The number of nitriles is 1. The molecule has 0 aliphatic carbocycles. The van der Waals surface area contributed by atoms with E-state index in [1.54, 1.807) is 0 Å². The van der Waals surface area contributed by atoms with E-state index in [0.717, 1.165) is 66.5 Å². The molecule has 0 saturated heterocycles. The molecule has 9 aromatic rings. The van der Waals surface area contributed by atoms with Crippen molar-refractivity contribution in [3.8, 4) is 39.7 Å². The van der Waals surface area contributed by atoms with Crippen LogP contribution in [0.5, 0.6) is 0 Å². The Labute approximate surface area is 277 Å². The van der Waals surface area contributed by atoms with Gasteiger partial charge in [-0.15, -0.1) is 0 Å². The van der Waals surface area contributed by atoms with Crippen LogP contribution in [-0.2, 0) is 0 Å². The number of aromatic nitrogens is 2. The predicted molar refractivity (Wildman–Crippen MR) is 197 cm³/mol. The second-order valence-corrected chi connectivity index (χ2v) is 12.0. The first-order valence-electron chi connectivity index (χ1n) is 15.9. The molecule has 2 heterocycles. The van der Waals surface area contributed by atoms with Gasteiger partial charge in [0.25, 0.3) is 0 Å². The van der Waals surface area contributed by atoms with Crippen molar-refractivity contribution >= 4 is 49.3 Å². The Bertz CT molecular complexity index is 2760. The van der Waals surface area contributed by atoms with Crippen molar-refractivity contribution in [1.82, 2.24) is 9.13 Å². The molecular formula is C44H26N4. The third-order valence-corrected chi connectivity index (χ3v) is 9.34. The molecule has 0 aliphatic heterocycles. The van der Waals surface area contributed by atoms with Crippen LogP contribution in [-0.4, -0.2) is 9.13 Å². The average molecular weight is 611 g/mol. The lowest BCUT2D eigenvalue weighted by atomic mass is 9.97. The smallest absolute Gasteiger partial charge is 0.187 e. The van der Waals surface area contributed by atoms with E-state index in [-0.39, 0.29) is 0 Å². The summed E-state index contributed by atoms with van der Waals surface area (Å²) in [4.78, 5) is 3.73. The second-order valence-electron chi connectivity index (χ2n) is 12.0. The van der Waals surface area contributed by atoms with Gasteiger partial charge in [-0.3, -0.25) is 0 Å². The molecule has 0 radical (unpaired) electrons. The van der Waals surface area contributed by atoms with Crippen LogP contribution in [0.2, 0.25) is 0 Å². The van der Waals surface area contributed by atoms with Gasteiger partial charge in [0, 0.05) is 32.8 Å². The highest BCUT2D eigenvalue weighted by molar-refractivity contribution is 6.11. The summed E-state index contributed by atoms with van der Waals surface area (Å²) in [6, 6.07) is 56.9. The van der Waals surface area contributed by atoms with E-state index in [4.69, 9.17) is 6.57 Å². The molecule has 48 heavy (non-hydrogen) atoms. The van der Waals surface area contributed by atoms with Gasteiger partial charge in [-0.05, 0) is 77.4 Å². The average Bonchev–Trinajstić information content (AvgIpc) is 3.67. The molecule has 0 aliphatic rings. The Morgan fingerprint density at radius 3 is 1.79 bits per heavy atom. The molecule has 0 unspecified atom stereocenters. The van der Waals surface area contributed by atoms with Crippen molar-refractivity contribution in [1.29, 1.82) is 5.26 Å². The molecule has 4 nitrogen and oxygen atoms in total. The van der Waals surface area contributed by atoms with Crippen molar-refractivity contribution in [3.05, 3.63) is 175 Å². The summed E-state index contributed by atoms with van der Waals surface area (Å²) in [5, 5.41) is 14.2. The van der Waals surface area contributed by atoms with Gasteiger partial charge in [0.2, 0.25) is 0 Å². The van der Waals surface area contributed by atoms with Crippen molar-refractivity contribution in [2.75, 3.05) is 0 Å². The van der Waals surface area contributed by atoms with Gasteiger partial charge in [-0.25, -0.2) is 4.85 Å². The maximum Gasteiger partial charge on any atom is 0.187 e. The Morgan fingerprint density at radius 2 is 1.08 bits per heavy atom. The Morgan fingerprint density at radius 1 is 0.479 bits per heavy atom. The summed E-state index contributed by atoms with van der Waals surface area (Å²) in [5.41, 5.74) is 12.0. The Kier molecular flexibility index (Phi) is 6.22. The summed E-state index contributed by atoms with van der Waals surface area (Å²) in [5.74, 6) is 0. The number of nitrogens with zero attached hydrogens (tertiary/aromatic N) is 4. The van der Waals surface area contributed by atoms with E-state index in [1.165, 1.54) is 10.8 Å². The lowest BCUT2D eigenvalue weighted by Crippen LogP contribution is -1.98. The number of hydrogen-bond acceptors (Lipinski definition) is 1. The molecule has 9 rings (SSSR count). The topological polar surface area (TPSA) is 38.0 Å². The first-order valence-corrected chi connectivity index (χ1v) is 15.9. The van der Waals surface area contributed by atoms with Crippen LogP contribution in [0.25, 0.3) is 82.1 Å². The van der Waals surface area contributed by atoms with Crippen LogP contribution in [0.4, 0.5) is 5.69 Å². The van der Waals surface area contributed by atoms with Crippen LogP contribution in [0, 0.1) is 17.9 Å². The molecular weight excluding hydrogens is 585 g/mol. The van der Waals surface area contributed by atoms with Gasteiger partial charge in [0.1, 0.15) is 0 Å². The lowest BCUT2D eigenvalue weighted by Gasteiger charge is -2.17. The molecule has 0 fully saturated rings. The summed E-state index contributed by atoms with van der Waals surface area (Å²) in [6.45, 7) is 7.66. The minimum absolute atomic E-state index is 0.616. The van der Waals surface area contributed by atoms with Gasteiger partial charge >= 0.3 is 0 Å². The number of hydrogen-bond donors (Lipinski definition) is 0. The highest BCUT2D eigenvalue weighted by Gasteiger charge is 2.18. The zero-order chi connectivity index (χ0) is 32.2. The largest absolute Gasteiger partial charge is 0.309 e. The van der Waals surface area contributed by atoms with Gasteiger partial charge in [-0.1, -0.05) is 97.1 Å². The van der Waals surface area contributed by atoms with E-state index in [2.05, 4.69) is 135 Å². The fourth-order valence-electron chi connectivity index (χ4n) is 7.21. The molecule has 0 N–H and O–H groups in total. The molecule has 222 valence electrons.